The molecule has 0 bridgehead atoms. The summed E-state index contributed by atoms with van der Waals surface area (Å²) in [5.74, 6) is 3.33. The van der Waals surface area contributed by atoms with Gasteiger partial charge in [-0.3, -0.25) is 4.98 Å². The molecule has 0 atom stereocenters. The second-order valence-corrected chi connectivity index (χ2v) is 7.77. The average Bonchev–Trinajstić information content (AvgIpc) is 2.77. The molecule has 1 aromatic carbocycles. The molecule has 2 aromatic heterocycles. The van der Waals surface area contributed by atoms with Gasteiger partial charge >= 0.3 is 0 Å². The van der Waals surface area contributed by atoms with E-state index in [1.54, 1.807) is 12.4 Å². The van der Waals surface area contributed by atoms with Gasteiger partial charge in [-0.25, -0.2) is 4.98 Å². The molecule has 0 amide bonds. The Hall–Kier alpha value is -3.42. The van der Waals surface area contributed by atoms with Crippen molar-refractivity contribution in [3.8, 4) is 0 Å². The lowest BCUT2D eigenvalue weighted by Crippen LogP contribution is -2.47. The van der Waals surface area contributed by atoms with Crippen LogP contribution in [0, 0.1) is 13.8 Å². The van der Waals surface area contributed by atoms with Gasteiger partial charge < -0.3 is 20.0 Å². The molecule has 1 fully saturated rings. The minimum Gasteiger partial charge on any atom is -0.363 e. The molecule has 1 aliphatic heterocycles. The molecule has 0 aliphatic carbocycles. The number of nitrogens with one attached hydrogen (secondary N) is 1. The van der Waals surface area contributed by atoms with Crippen LogP contribution in [0.2, 0.25) is 0 Å². The van der Waals surface area contributed by atoms with E-state index >= 15 is 0 Å². The maximum absolute atomic E-state index is 4.82. The Balaban J connectivity index is 1.53. The highest BCUT2D eigenvalue weighted by molar-refractivity contribution is 5.63. The van der Waals surface area contributed by atoms with Crippen LogP contribution in [-0.4, -0.2) is 60.2 Å². The van der Waals surface area contributed by atoms with Crippen LogP contribution in [0.3, 0.4) is 0 Å². The van der Waals surface area contributed by atoms with Gasteiger partial charge in [0.25, 0.3) is 0 Å². The molecule has 4 rings (SSSR count). The van der Waals surface area contributed by atoms with Gasteiger partial charge in [-0.2, -0.15) is 9.97 Å². The lowest BCUT2D eigenvalue weighted by molar-refractivity contribution is 0.634. The van der Waals surface area contributed by atoms with Crippen LogP contribution in [0.15, 0.2) is 42.9 Å². The minimum atomic E-state index is 0.742. The van der Waals surface area contributed by atoms with Crippen molar-refractivity contribution in [3.05, 3.63) is 54.0 Å². The molecule has 1 N–H and O–H groups in total. The zero-order valence-electron chi connectivity index (χ0n) is 18.0. The van der Waals surface area contributed by atoms with Crippen LogP contribution >= 0.6 is 0 Å². The summed E-state index contributed by atoms with van der Waals surface area (Å²) in [6.07, 6.45) is 5.24. The molecule has 1 aliphatic rings. The van der Waals surface area contributed by atoms with Gasteiger partial charge in [0.05, 0.1) is 6.20 Å². The third-order valence-electron chi connectivity index (χ3n) is 5.37. The topological polar surface area (TPSA) is 73.3 Å². The average molecular weight is 405 g/mol. The maximum Gasteiger partial charge on any atom is 0.229 e. The van der Waals surface area contributed by atoms with Crippen LogP contribution in [0.25, 0.3) is 0 Å². The smallest absolute Gasteiger partial charge is 0.229 e. The fourth-order valence-electron chi connectivity index (χ4n) is 3.41. The second-order valence-electron chi connectivity index (χ2n) is 7.77. The summed E-state index contributed by atoms with van der Waals surface area (Å²) >= 11 is 0. The predicted octanol–water partition coefficient (Wildman–Crippen LogP) is 3.02. The van der Waals surface area contributed by atoms with Gasteiger partial charge in [0.1, 0.15) is 17.5 Å². The Kier molecular flexibility index (Phi) is 5.65. The van der Waals surface area contributed by atoms with E-state index in [2.05, 4.69) is 57.1 Å². The van der Waals surface area contributed by atoms with Crippen LogP contribution in [-0.2, 0) is 0 Å². The van der Waals surface area contributed by atoms with Crippen LogP contribution < -0.4 is 20.0 Å². The van der Waals surface area contributed by atoms with E-state index in [1.165, 1.54) is 11.1 Å². The lowest BCUT2D eigenvalue weighted by Gasteiger charge is -2.35. The van der Waals surface area contributed by atoms with Gasteiger partial charge in [0.2, 0.25) is 5.95 Å². The maximum atomic E-state index is 4.82. The fraction of sp³-hybridized carbons (Fsp3) is 0.364. The molecule has 0 spiro atoms. The number of hydrogen-bond acceptors (Lipinski definition) is 8. The molecule has 1 saturated heterocycles. The molecule has 8 nitrogen and oxygen atoms in total. The molecule has 0 unspecified atom stereocenters. The van der Waals surface area contributed by atoms with E-state index in [9.17, 15) is 0 Å². The normalized spacial score (nSPS) is 14.0. The van der Waals surface area contributed by atoms with Crippen molar-refractivity contribution in [1.82, 2.24) is 19.9 Å². The predicted molar refractivity (Wildman–Crippen MR) is 122 cm³/mol. The summed E-state index contributed by atoms with van der Waals surface area (Å²) < 4.78 is 0. The van der Waals surface area contributed by atoms with Crippen molar-refractivity contribution in [2.75, 3.05) is 60.3 Å². The molecule has 8 heteroatoms. The number of aryl methyl sites for hydroxylation is 2. The van der Waals surface area contributed by atoms with Crippen LogP contribution in [0.5, 0.6) is 0 Å². The SMILES string of the molecule is Cc1ccc(Nc2cc(N(C)C)nc(N3CCN(c4cnccn4)CC3)n2)cc1C. The summed E-state index contributed by atoms with van der Waals surface area (Å²) in [5.41, 5.74) is 3.56. The third kappa shape index (κ3) is 4.42. The summed E-state index contributed by atoms with van der Waals surface area (Å²) in [5, 5.41) is 3.45. The Morgan fingerprint density at radius 3 is 2.33 bits per heavy atom. The first-order valence-electron chi connectivity index (χ1n) is 10.2. The van der Waals surface area contributed by atoms with E-state index in [-0.39, 0.29) is 0 Å². The molecular weight excluding hydrogens is 376 g/mol. The van der Waals surface area contributed by atoms with Crippen molar-refractivity contribution in [1.29, 1.82) is 0 Å². The van der Waals surface area contributed by atoms with Crippen LogP contribution in [0.1, 0.15) is 11.1 Å². The number of aromatic nitrogens is 4. The lowest BCUT2D eigenvalue weighted by atomic mass is 10.1. The number of rotatable bonds is 5. The summed E-state index contributed by atoms with van der Waals surface area (Å²) in [7, 11) is 4.00. The number of anilines is 5. The molecule has 0 radical (unpaired) electrons. The van der Waals surface area contributed by atoms with E-state index in [1.807, 2.05) is 31.3 Å². The Bertz CT molecular complexity index is 997. The van der Waals surface area contributed by atoms with Gasteiger partial charge in [-0.1, -0.05) is 6.07 Å². The second kappa shape index (κ2) is 8.52. The first-order valence-corrected chi connectivity index (χ1v) is 10.2. The number of piperazine rings is 1. The van der Waals surface area contributed by atoms with E-state index in [0.717, 1.165) is 55.3 Å². The Morgan fingerprint density at radius 2 is 1.67 bits per heavy atom. The highest BCUT2D eigenvalue weighted by Crippen LogP contribution is 2.24. The third-order valence-corrected chi connectivity index (χ3v) is 5.37. The van der Waals surface area contributed by atoms with Gasteiger partial charge in [-0.15, -0.1) is 0 Å². The first-order chi connectivity index (χ1) is 14.5. The Morgan fingerprint density at radius 1 is 0.900 bits per heavy atom. The standard InChI is InChI=1S/C22H28N8/c1-16-5-6-18(13-17(16)2)25-19-14-20(28(3)4)27-22(26-19)30-11-9-29(10-12-30)21-15-23-7-8-24-21/h5-8,13-15H,9-12H2,1-4H3,(H,25,26,27). The van der Waals surface area contributed by atoms with E-state index in [0.29, 0.717) is 0 Å². The monoisotopic (exact) mass is 404 g/mol. The van der Waals surface area contributed by atoms with Gasteiger partial charge in [0, 0.05) is 64.4 Å². The van der Waals surface area contributed by atoms with Crippen molar-refractivity contribution < 1.29 is 0 Å². The Labute approximate surface area is 177 Å². The number of benzene rings is 1. The summed E-state index contributed by atoms with van der Waals surface area (Å²) in [4.78, 5) is 24.7. The quantitative estimate of drug-likeness (QED) is 0.696. The summed E-state index contributed by atoms with van der Waals surface area (Å²) in [6, 6.07) is 8.33. The zero-order valence-corrected chi connectivity index (χ0v) is 18.0. The van der Waals surface area contributed by atoms with Gasteiger partial charge in [-0.05, 0) is 37.1 Å². The zero-order chi connectivity index (χ0) is 21.1. The van der Waals surface area contributed by atoms with Crippen LogP contribution in [0.4, 0.5) is 29.1 Å². The molecule has 156 valence electrons. The van der Waals surface area contributed by atoms with E-state index < -0.39 is 0 Å². The van der Waals surface area contributed by atoms with Crippen molar-refractivity contribution in [2.24, 2.45) is 0 Å². The minimum absolute atomic E-state index is 0.742. The van der Waals surface area contributed by atoms with Crippen molar-refractivity contribution >= 4 is 29.1 Å². The highest BCUT2D eigenvalue weighted by atomic mass is 15.4. The van der Waals surface area contributed by atoms with Crippen molar-refractivity contribution in [2.45, 2.75) is 13.8 Å². The van der Waals surface area contributed by atoms with E-state index in [4.69, 9.17) is 9.97 Å². The van der Waals surface area contributed by atoms with Crippen molar-refractivity contribution in [3.63, 3.8) is 0 Å². The highest BCUT2D eigenvalue weighted by Gasteiger charge is 2.21. The largest absolute Gasteiger partial charge is 0.363 e. The first kappa shape index (κ1) is 19.9. The molecule has 3 aromatic rings. The molecule has 30 heavy (non-hydrogen) atoms. The molecule has 3 heterocycles. The number of nitrogens with zero attached hydrogens (tertiary/aromatic N) is 7. The molecule has 0 saturated carbocycles. The van der Waals surface area contributed by atoms with Gasteiger partial charge in [0.15, 0.2) is 0 Å². The molecular formula is C22H28N8. The fourth-order valence-corrected chi connectivity index (χ4v) is 3.41. The number of hydrogen-bond donors (Lipinski definition) is 1. The summed E-state index contributed by atoms with van der Waals surface area (Å²) in [6.45, 7) is 7.61.